The Morgan fingerprint density at radius 2 is 2.08 bits per heavy atom. The standard InChI is InChI=1S/C12H16O/c13-9-6-8-4-2-1-3-5-10-11(7-9)12(8)10/h1-2,8,10-12H,3-7H2/b2-1-. The number of carbonyl (C=O) groups excluding carboxylic acids is 1. The lowest BCUT2D eigenvalue weighted by atomic mass is 9.85. The lowest BCUT2D eigenvalue weighted by Gasteiger charge is -2.19. The SMILES string of the molecule is O=C1CC2C/C=C\CCC3C(C1)C23. The first-order valence-corrected chi connectivity index (χ1v) is 5.53. The number of rotatable bonds is 0. The third-order valence-electron chi connectivity index (χ3n) is 4.17. The highest BCUT2D eigenvalue weighted by Crippen LogP contribution is 2.60. The van der Waals surface area contributed by atoms with Gasteiger partial charge in [-0.3, -0.25) is 4.79 Å². The molecule has 0 aromatic rings. The first-order valence-electron chi connectivity index (χ1n) is 5.53. The van der Waals surface area contributed by atoms with Crippen molar-refractivity contribution in [2.45, 2.75) is 32.1 Å². The van der Waals surface area contributed by atoms with E-state index in [9.17, 15) is 4.79 Å². The highest BCUT2D eigenvalue weighted by Gasteiger charge is 2.56. The van der Waals surface area contributed by atoms with E-state index < -0.39 is 0 Å². The minimum atomic E-state index is 0.532. The van der Waals surface area contributed by atoms with Crippen molar-refractivity contribution in [1.82, 2.24) is 0 Å². The topological polar surface area (TPSA) is 17.1 Å². The van der Waals surface area contributed by atoms with E-state index in [-0.39, 0.29) is 0 Å². The van der Waals surface area contributed by atoms with Gasteiger partial charge in [0.25, 0.3) is 0 Å². The Labute approximate surface area is 79.2 Å². The maximum atomic E-state index is 11.4. The van der Waals surface area contributed by atoms with Crippen LogP contribution in [0.5, 0.6) is 0 Å². The zero-order valence-corrected chi connectivity index (χ0v) is 7.91. The Hall–Kier alpha value is -0.590. The monoisotopic (exact) mass is 176 g/mol. The molecule has 0 aliphatic heterocycles. The summed E-state index contributed by atoms with van der Waals surface area (Å²) in [6.07, 6.45) is 10.2. The third kappa shape index (κ3) is 1.17. The summed E-state index contributed by atoms with van der Waals surface area (Å²) >= 11 is 0. The van der Waals surface area contributed by atoms with Crippen molar-refractivity contribution in [3.05, 3.63) is 12.2 Å². The fourth-order valence-electron chi connectivity index (χ4n) is 3.56. The van der Waals surface area contributed by atoms with Gasteiger partial charge in [-0.15, -0.1) is 0 Å². The molecule has 3 rings (SSSR count). The van der Waals surface area contributed by atoms with Gasteiger partial charge in [-0.2, -0.15) is 0 Å². The van der Waals surface area contributed by atoms with Crippen LogP contribution in [0.2, 0.25) is 0 Å². The fraction of sp³-hybridized carbons (Fsp3) is 0.750. The van der Waals surface area contributed by atoms with Gasteiger partial charge >= 0.3 is 0 Å². The van der Waals surface area contributed by atoms with Gasteiger partial charge in [0, 0.05) is 12.8 Å². The molecule has 70 valence electrons. The molecule has 0 saturated heterocycles. The Kier molecular flexibility index (Phi) is 1.61. The van der Waals surface area contributed by atoms with Gasteiger partial charge in [0.1, 0.15) is 5.78 Å². The molecule has 4 atom stereocenters. The summed E-state index contributed by atoms with van der Waals surface area (Å²) in [7, 11) is 0. The van der Waals surface area contributed by atoms with E-state index in [0.29, 0.717) is 11.7 Å². The smallest absolute Gasteiger partial charge is 0.133 e. The highest BCUT2D eigenvalue weighted by atomic mass is 16.1. The van der Waals surface area contributed by atoms with E-state index in [4.69, 9.17) is 0 Å². The largest absolute Gasteiger partial charge is 0.300 e. The van der Waals surface area contributed by atoms with Gasteiger partial charge in [0.05, 0.1) is 0 Å². The van der Waals surface area contributed by atoms with Crippen LogP contribution in [-0.4, -0.2) is 5.78 Å². The number of fused-ring (bicyclic) bond motifs is 1. The van der Waals surface area contributed by atoms with Crippen molar-refractivity contribution in [2.24, 2.45) is 23.7 Å². The fourth-order valence-corrected chi connectivity index (χ4v) is 3.56. The second-order valence-corrected chi connectivity index (χ2v) is 4.90. The molecule has 4 unspecified atom stereocenters. The van der Waals surface area contributed by atoms with E-state index in [1.54, 1.807) is 0 Å². The Morgan fingerprint density at radius 1 is 1.15 bits per heavy atom. The molecule has 0 spiro atoms. The molecule has 0 heterocycles. The zero-order chi connectivity index (χ0) is 8.84. The average molecular weight is 176 g/mol. The Balaban J connectivity index is 1.83. The van der Waals surface area contributed by atoms with Crippen LogP contribution in [0.3, 0.4) is 0 Å². The quantitative estimate of drug-likeness (QED) is 0.518. The zero-order valence-electron chi connectivity index (χ0n) is 7.91. The molecule has 0 amide bonds. The second-order valence-electron chi connectivity index (χ2n) is 4.90. The van der Waals surface area contributed by atoms with Crippen molar-refractivity contribution < 1.29 is 4.79 Å². The molecule has 0 N–H and O–H groups in total. The number of carbonyl (C=O) groups is 1. The van der Waals surface area contributed by atoms with E-state index in [1.165, 1.54) is 19.3 Å². The molecule has 1 nitrogen and oxygen atoms in total. The van der Waals surface area contributed by atoms with Gasteiger partial charge in [0.15, 0.2) is 0 Å². The van der Waals surface area contributed by atoms with Crippen molar-refractivity contribution in [3.8, 4) is 0 Å². The van der Waals surface area contributed by atoms with Crippen molar-refractivity contribution in [1.29, 1.82) is 0 Å². The number of ketones is 1. The van der Waals surface area contributed by atoms with Crippen LogP contribution < -0.4 is 0 Å². The van der Waals surface area contributed by atoms with Gasteiger partial charge in [-0.1, -0.05) is 12.2 Å². The Morgan fingerprint density at radius 3 is 3.00 bits per heavy atom. The molecular formula is C12H16O. The Bertz CT molecular complexity index is 266. The summed E-state index contributed by atoms with van der Waals surface area (Å²) < 4.78 is 0. The lowest BCUT2D eigenvalue weighted by Crippen LogP contribution is -2.17. The molecule has 2 fully saturated rings. The summed E-state index contributed by atoms with van der Waals surface area (Å²) in [5, 5.41) is 0. The normalized spacial score (nSPS) is 50.3. The first kappa shape index (κ1) is 7.78. The van der Waals surface area contributed by atoms with Crippen molar-refractivity contribution in [2.75, 3.05) is 0 Å². The molecule has 3 aliphatic carbocycles. The maximum Gasteiger partial charge on any atom is 0.133 e. The summed E-state index contributed by atoms with van der Waals surface area (Å²) in [5.41, 5.74) is 0. The van der Waals surface area contributed by atoms with Crippen LogP contribution in [0.4, 0.5) is 0 Å². The minimum absolute atomic E-state index is 0.532. The number of hydrogen-bond acceptors (Lipinski definition) is 1. The lowest BCUT2D eigenvalue weighted by molar-refractivity contribution is -0.121. The molecule has 13 heavy (non-hydrogen) atoms. The predicted octanol–water partition coefficient (Wildman–Crippen LogP) is 2.57. The number of Topliss-reactive ketones (excluding diaryl/α,β-unsaturated/α-hetero) is 1. The third-order valence-corrected chi connectivity index (χ3v) is 4.17. The van der Waals surface area contributed by atoms with E-state index in [1.807, 2.05) is 0 Å². The van der Waals surface area contributed by atoms with Crippen LogP contribution in [0, 0.1) is 23.7 Å². The summed E-state index contributed by atoms with van der Waals surface area (Å²) in [6, 6.07) is 0. The van der Waals surface area contributed by atoms with Crippen molar-refractivity contribution >= 4 is 5.78 Å². The maximum absolute atomic E-state index is 11.4. The van der Waals surface area contributed by atoms with Crippen molar-refractivity contribution in [3.63, 3.8) is 0 Å². The summed E-state index contributed by atoms with van der Waals surface area (Å²) in [5.74, 6) is 3.90. The molecule has 2 saturated carbocycles. The molecule has 0 radical (unpaired) electrons. The highest BCUT2D eigenvalue weighted by molar-refractivity contribution is 5.80. The average Bonchev–Trinajstić information content (AvgIpc) is 2.72. The van der Waals surface area contributed by atoms with Crippen LogP contribution in [0.25, 0.3) is 0 Å². The molecule has 3 aliphatic rings. The van der Waals surface area contributed by atoms with Crippen LogP contribution in [0.1, 0.15) is 32.1 Å². The number of hydrogen-bond donors (Lipinski definition) is 0. The number of allylic oxidation sites excluding steroid dienone is 2. The van der Waals surface area contributed by atoms with Crippen LogP contribution >= 0.6 is 0 Å². The predicted molar refractivity (Wildman–Crippen MR) is 51.2 cm³/mol. The van der Waals surface area contributed by atoms with E-state index in [0.717, 1.165) is 30.6 Å². The molecule has 0 aromatic carbocycles. The van der Waals surface area contributed by atoms with E-state index in [2.05, 4.69) is 12.2 Å². The second kappa shape index (κ2) is 2.70. The van der Waals surface area contributed by atoms with Gasteiger partial charge in [-0.05, 0) is 42.9 Å². The summed E-state index contributed by atoms with van der Waals surface area (Å²) in [4.78, 5) is 11.4. The van der Waals surface area contributed by atoms with E-state index >= 15 is 0 Å². The molecular weight excluding hydrogens is 160 g/mol. The summed E-state index contributed by atoms with van der Waals surface area (Å²) in [6.45, 7) is 0. The van der Waals surface area contributed by atoms with Gasteiger partial charge < -0.3 is 0 Å². The minimum Gasteiger partial charge on any atom is -0.300 e. The first-order chi connectivity index (χ1) is 6.36. The van der Waals surface area contributed by atoms with Gasteiger partial charge in [-0.25, -0.2) is 0 Å². The molecule has 1 heteroatoms. The van der Waals surface area contributed by atoms with Gasteiger partial charge in [0.2, 0.25) is 0 Å². The molecule has 0 aromatic heterocycles. The van der Waals surface area contributed by atoms with Crippen LogP contribution in [-0.2, 0) is 4.79 Å². The van der Waals surface area contributed by atoms with Crippen LogP contribution in [0.15, 0.2) is 12.2 Å². The molecule has 0 bridgehead atoms.